The quantitative estimate of drug-likeness (QED) is 0.682. The van der Waals surface area contributed by atoms with Gasteiger partial charge in [0.1, 0.15) is 5.01 Å². The third-order valence-electron chi connectivity index (χ3n) is 2.99. The van der Waals surface area contributed by atoms with Gasteiger partial charge in [0, 0.05) is 16.1 Å². The van der Waals surface area contributed by atoms with E-state index in [0.29, 0.717) is 5.13 Å². The van der Waals surface area contributed by atoms with E-state index in [4.69, 9.17) is 0 Å². The molecule has 0 atom stereocenters. The van der Waals surface area contributed by atoms with Gasteiger partial charge in [-0.25, -0.2) is 4.79 Å². The summed E-state index contributed by atoms with van der Waals surface area (Å²) < 4.78 is 0. The number of amides is 2. The SMILES string of the molecule is CSc1cccc(NC(=O)Nc2nnc(-c3ccccc3)s2)c1. The topological polar surface area (TPSA) is 66.9 Å². The van der Waals surface area contributed by atoms with Crippen LogP contribution in [-0.4, -0.2) is 22.5 Å². The number of nitrogens with zero attached hydrogens (tertiary/aromatic N) is 2. The van der Waals surface area contributed by atoms with E-state index < -0.39 is 0 Å². The summed E-state index contributed by atoms with van der Waals surface area (Å²) in [7, 11) is 0. The minimum Gasteiger partial charge on any atom is -0.308 e. The summed E-state index contributed by atoms with van der Waals surface area (Å²) in [5.74, 6) is 0. The molecule has 1 heterocycles. The fourth-order valence-corrected chi connectivity index (χ4v) is 3.13. The van der Waals surface area contributed by atoms with Crippen molar-refractivity contribution >= 4 is 39.9 Å². The van der Waals surface area contributed by atoms with Crippen LogP contribution in [0.3, 0.4) is 0 Å². The van der Waals surface area contributed by atoms with Crippen LogP contribution in [0.1, 0.15) is 0 Å². The number of anilines is 2. The van der Waals surface area contributed by atoms with Crippen molar-refractivity contribution in [1.82, 2.24) is 10.2 Å². The third kappa shape index (κ3) is 4.08. The van der Waals surface area contributed by atoms with Gasteiger partial charge < -0.3 is 5.32 Å². The molecule has 0 saturated heterocycles. The molecule has 3 aromatic rings. The zero-order valence-electron chi connectivity index (χ0n) is 12.3. The average molecular weight is 342 g/mol. The Hall–Kier alpha value is -2.38. The van der Waals surface area contributed by atoms with E-state index in [-0.39, 0.29) is 6.03 Å². The Labute approximate surface area is 142 Å². The lowest BCUT2D eigenvalue weighted by atomic mass is 10.2. The second kappa shape index (κ2) is 7.26. The van der Waals surface area contributed by atoms with Gasteiger partial charge in [-0.3, -0.25) is 5.32 Å². The van der Waals surface area contributed by atoms with Crippen molar-refractivity contribution in [3.05, 3.63) is 54.6 Å². The highest BCUT2D eigenvalue weighted by molar-refractivity contribution is 7.98. The molecule has 0 aliphatic heterocycles. The fraction of sp³-hybridized carbons (Fsp3) is 0.0625. The van der Waals surface area contributed by atoms with E-state index in [1.807, 2.05) is 60.9 Å². The van der Waals surface area contributed by atoms with Gasteiger partial charge in [0.15, 0.2) is 0 Å². The summed E-state index contributed by atoms with van der Waals surface area (Å²) in [5, 5.41) is 14.8. The molecule has 5 nitrogen and oxygen atoms in total. The molecule has 0 aliphatic carbocycles. The molecular formula is C16H14N4OS2. The summed E-state index contributed by atoms with van der Waals surface area (Å²) in [6.07, 6.45) is 1.99. The maximum Gasteiger partial charge on any atom is 0.325 e. The smallest absolute Gasteiger partial charge is 0.308 e. The van der Waals surface area contributed by atoms with Gasteiger partial charge in [0.05, 0.1) is 0 Å². The van der Waals surface area contributed by atoms with E-state index in [9.17, 15) is 4.79 Å². The summed E-state index contributed by atoms with van der Waals surface area (Å²) in [5.41, 5.74) is 1.72. The van der Waals surface area contributed by atoms with Crippen LogP contribution in [0.15, 0.2) is 59.5 Å². The first-order chi connectivity index (χ1) is 11.2. The number of carbonyl (C=O) groups excluding carboxylic acids is 1. The highest BCUT2D eigenvalue weighted by atomic mass is 32.2. The molecule has 0 saturated carbocycles. The Morgan fingerprint density at radius 3 is 2.65 bits per heavy atom. The van der Waals surface area contributed by atoms with Gasteiger partial charge in [-0.1, -0.05) is 47.7 Å². The molecule has 0 bridgehead atoms. The number of rotatable bonds is 4. The van der Waals surface area contributed by atoms with Gasteiger partial charge in [-0.2, -0.15) is 0 Å². The molecule has 0 spiro atoms. The first-order valence-corrected chi connectivity index (χ1v) is 8.90. The molecule has 0 fully saturated rings. The van der Waals surface area contributed by atoms with Crippen LogP contribution in [0.4, 0.5) is 15.6 Å². The van der Waals surface area contributed by atoms with Crippen molar-refractivity contribution in [2.45, 2.75) is 4.90 Å². The molecule has 7 heteroatoms. The van der Waals surface area contributed by atoms with Gasteiger partial charge in [0.2, 0.25) is 5.13 Å². The number of hydrogen-bond donors (Lipinski definition) is 2. The van der Waals surface area contributed by atoms with Gasteiger partial charge >= 0.3 is 6.03 Å². The highest BCUT2D eigenvalue weighted by Gasteiger charge is 2.09. The van der Waals surface area contributed by atoms with Gasteiger partial charge in [-0.15, -0.1) is 22.0 Å². The second-order valence-corrected chi connectivity index (χ2v) is 6.45. The monoisotopic (exact) mass is 342 g/mol. The van der Waals surface area contributed by atoms with Crippen molar-refractivity contribution in [1.29, 1.82) is 0 Å². The number of aromatic nitrogens is 2. The van der Waals surface area contributed by atoms with Gasteiger partial charge in [0.25, 0.3) is 0 Å². The summed E-state index contributed by atoms with van der Waals surface area (Å²) in [6, 6.07) is 17.1. The van der Waals surface area contributed by atoms with Crippen molar-refractivity contribution in [2.75, 3.05) is 16.9 Å². The van der Waals surface area contributed by atoms with E-state index in [2.05, 4.69) is 20.8 Å². The fourth-order valence-electron chi connectivity index (χ4n) is 1.93. The summed E-state index contributed by atoms with van der Waals surface area (Å²) in [4.78, 5) is 13.1. The van der Waals surface area contributed by atoms with Crippen LogP contribution in [-0.2, 0) is 0 Å². The van der Waals surface area contributed by atoms with Crippen molar-refractivity contribution in [2.24, 2.45) is 0 Å². The van der Waals surface area contributed by atoms with E-state index in [1.54, 1.807) is 11.8 Å². The van der Waals surface area contributed by atoms with Crippen LogP contribution in [0.2, 0.25) is 0 Å². The Morgan fingerprint density at radius 2 is 1.87 bits per heavy atom. The molecule has 2 aromatic carbocycles. The molecule has 0 unspecified atom stereocenters. The van der Waals surface area contributed by atoms with Crippen molar-refractivity contribution < 1.29 is 4.79 Å². The number of carbonyl (C=O) groups is 1. The first kappa shape index (κ1) is 15.5. The van der Waals surface area contributed by atoms with Crippen LogP contribution in [0, 0.1) is 0 Å². The van der Waals surface area contributed by atoms with Crippen molar-refractivity contribution in [3.63, 3.8) is 0 Å². The highest BCUT2D eigenvalue weighted by Crippen LogP contribution is 2.26. The Bertz CT molecular complexity index is 805. The number of urea groups is 1. The maximum absolute atomic E-state index is 12.0. The number of hydrogen-bond acceptors (Lipinski definition) is 5. The molecule has 116 valence electrons. The lowest BCUT2D eigenvalue weighted by Gasteiger charge is -2.06. The number of nitrogens with one attached hydrogen (secondary N) is 2. The standard InChI is InChI=1S/C16H14N4OS2/c1-22-13-9-5-8-12(10-13)17-15(21)18-16-20-19-14(23-16)11-6-3-2-4-7-11/h2-10H,1H3,(H2,17,18,20,21). The lowest BCUT2D eigenvalue weighted by Crippen LogP contribution is -2.19. The van der Waals surface area contributed by atoms with Gasteiger partial charge in [-0.05, 0) is 24.5 Å². The number of benzene rings is 2. The molecule has 0 aliphatic rings. The third-order valence-corrected chi connectivity index (χ3v) is 4.61. The minimum atomic E-state index is -0.334. The molecule has 0 radical (unpaired) electrons. The first-order valence-electron chi connectivity index (χ1n) is 6.85. The largest absolute Gasteiger partial charge is 0.325 e. The van der Waals surface area contributed by atoms with Crippen LogP contribution >= 0.6 is 23.1 Å². The Morgan fingerprint density at radius 1 is 1.04 bits per heavy atom. The van der Waals surface area contributed by atoms with Crippen LogP contribution < -0.4 is 10.6 Å². The van der Waals surface area contributed by atoms with Crippen LogP contribution in [0.5, 0.6) is 0 Å². The molecule has 2 N–H and O–H groups in total. The van der Waals surface area contributed by atoms with E-state index >= 15 is 0 Å². The zero-order chi connectivity index (χ0) is 16.1. The van der Waals surface area contributed by atoms with E-state index in [0.717, 1.165) is 21.2 Å². The average Bonchev–Trinajstić information content (AvgIpc) is 3.04. The predicted molar refractivity (Wildman–Crippen MR) is 96.2 cm³/mol. The maximum atomic E-state index is 12.0. The molecule has 23 heavy (non-hydrogen) atoms. The normalized spacial score (nSPS) is 10.3. The van der Waals surface area contributed by atoms with Crippen LogP contribution in [0.25, 0.3) is 10.6 Å². The zero-order valence-corrected chi connectivity index (χ0v) is 13.9. The molecule has 3 rings (SSSR count). The summed E-state index contributed by atoms with van der Waals surface area (Å²) in [6.45, 7) is 0. The number of thioether (sulfide) groups is 1. The molecule has 1 aromatic heterocycles. The second-order valence-electron chi connectivity index (χ2n) is 4.59. The van der Waals surface area contributed by atoms with E-state index in [1.165, 1.54) is 11.3 Å². The summed E-state index contributed by atoms with van der Waals surface area (Å²) >= 11 is 2.96. The lowest BCUT2D eigenvalue weighted by molar-refractivity contribution is 0.262. The predicted octanol–water partition coefficient (Wildman–Crippen LogP) is 4.57. The molecule has 2 amide bonds. The Kier molecular flexibility index (Phi) is 4.89. The van der Waals surface area contributed by atoms with Crippen molar-refractivity contribution in [3.8, 4) is 10.6 Å². The minimum absolute atomic E-state index is 0.334. The molecular weight excluding hydrogens is 328 g/mol. The Balaban J connectivity index is 1.65.